The summed E-state index contributed by atoms with van der Waals surface area (Å²) in [6.07, 6.45) is 0. The Morgan fingerprint density at radius 3 is 2.54 bits per heavy atom. The second-order valence-corrected chi connectivity index (χ2v) is 7.31. The van der Waals surface area contributed by atoms with Gasteiger partial charge in [0.05, 0.1) is 16.1 Å². The highest BCUT2D eigenvalue weighted by molar-refractivity contribution is 7.12. The van der Waals surface area contributed by atoms with Crippen LogP contribution in [-0.4, -0.2) is 42.9 Å². The molecule has 2 aliphatic heterocycles. The topological polar surface area (TPSA) is 61.4 Å². The van der Waals surface area contributed by atoms with Crippen LogP contribution >= 0.6 is 11.3 Å². The molecule has 0 bridgehead atoms. The van der Waals surface area contributed by atoms with Crippen molar-refractivity contribution in [1.82, 2.24) is 10.2 Å². The van der Waals surface area contributed by atoms with Crippen LogP contribution in [0.1, 0.15) is 20.0 Å². The van der Waals surface area contributed by atoms with Gasteiger partial charge in [-0.25, -0.2) is 0 Å². The van der Waals surface area contributed by atoms with Gasteiger partial charge in [-0.3, -0.25) is 9.59 Å². The second kappa shape index (κ2) is 6.37. The summed E-state index contributed by atoms with van der Waals surface area (Å²) in [7, 11) is 0. The summed E-state index contributed by atoms with van der Waals surface area (Å²) in [4.78, 5) is 27.8. The number of nitrogens with zero attached hydrogens (tertiary/aromatic N) is 1. The van der Waals surface area contributed by atoms with E-state index in [9.17, 15) is 9.59 Å². The van der Waals surface area contributed by atoms with Crippen molar-refractivity contribution in [2.24, 2.45) is 11.8 Å². The van der Waals surface area contributed by atoms with E-state index in [0.29, 0.717) is 28.0 Å². The van der Waals surface area contributed by atoms with Crippen LogP contribution in [0.3, 0.4) is 0 Å². The van der Waals surface area contributed by atoms with E-state index in [1.165, 1.54) is 11.3 Å². The molecule has 2 aliphatic rings. The highest BCUT2D eigenvalue weighted by atomic mass is 32.1. The molecular formula is C18H19N3O2S. The fourth-order valence-corrected chi connectivity index (χ4v) is 4.18. The van der Waals surface area contributed by atoms with Gasteiger partial charge in [0.1, 0.15) is 0 Å². The molecule has 2 saturated heterocycles. The van der Waals surface area contributed by atoms with Crippen molar-refractivity contribution in [3.05, 3.63) is 52.2 Å². The lowest BCUT2D eigenvalue weighted by molar-refractivity contribution is 0.0782. The van der Waals surface area contributed by atoms with Crippen molar-refractivity contribution >= 4 is 28.8 Å². The van der Waals surface area contributed by atoms with Crippen molar-refractivity contribution < 1.29 is 9.59 Å². The SMILES string of the molecule is O=C(Nc1ccccc1C(=O)N1C[C@H]2CNC[C@H]2C1)c1cccs1. The summed E-state index contributed by atoms with van der Waals surface area (Å²) in [5.74, 6) is 0.947. The molecule has 2 aromatic rings. The van der Waals surface area contributed by atoms with Crippen LogP contribution in [0.15, 0.2) is 41.8 Å². The standard InChI is InChI=1S/C18H19N3O2S/c22-17(16-6-3-7-24-16)20-15-5-2-1-4-14(15)18(23)21-10-12-8-19-9-13(12)11-21/h1-7,12-13,19H,8-11H2,(H,20,22)/t12-,13+. The zero-order valence-corrected chi connectivity index (χ0v) is 14.0. The van der Waals surface area contributed by atoms with E-state index in [-0.39, 0.29) is 11.8 Å². The Morgan fingerprint density at radius 2 is 1.83 bits per heavy atom. The van der Waals surface area contributed by atoms with Gasteiger partial charge in [-0.2, -0.15) is 0 Å². The molecule has 2 atom stereocenters. The third kappa shape index (κ3) is 2.83. The molecule has 1 aromatic carbocycles. The molecule has 0 saturated carbocycles. The summed E-state index contributed by atoms with van der Waals surface area (Å²) >= 11 is 1.39. The zero-order valence-electron chi connectivity index (χ0n) is 13.2. The van der Waals surface area contributed by atoms with Gasteiger partial charge in [0.25, 0.3) is 11.8 Å². The molecule has 0 spiro atoms. The maximum atomic E-state index is 12.9. The van der Waals surface area contributed by atoms with Crippen LogP contribution < -0.4 is 10.6 Å². The molecular weight excluding hydrogens is 322 g/mol. The fourth-order valence-electron chi connectivity index (χ4n) is 3.56. The first kappa shape index (κ1) is 15.4. The molecule has 4 rings (SSSR count). The Morgan fingerprint density at radius 1 is 1.08 bits per heavy atom. The molecule has 124 valence electrons. The van der Waals surface area contributed by atoms with Crippen molar-refractivity contribution in [2.75, 3.05) is 31.5 Å². The second-order valence-electron chi connectivity index (χ2n) is 6.37. The number of hydrogen-bond acceptors (Lipinski definition) is 4. The molecule has 24 heavy (non-hydrogen) atoms. The van der Waals surface area contributed by atoms with Crippen molar-refractivity contribution in [3.8, 4) is 0 Å². The number of hydrogen-bond donors (Lipinski definition) is 2. The zero-order chi connectivity index (χ0) is 16.5. The van der Waals surface area contributed by atoms with Gasteiger partial charge in [-0.15, -0.1) is 11.3 Å². The van der Waals surface area contributed by atoms with Gasteiger partial charge in [-0.1, -0.05) is 18.2 Å². The lowest BCUT2D eigenvalue weighted by Gasteiger charge is -2.19. The number of anilines is 1. The van der Waals surface area contributed by atoms with E-state index in [1.54, 1.807) is 18.2 Å². The molecule has 2 fully saturated rings. The number of thiophene rings is 1. The quantitative estimate of drug-likeness (QED) is 0.900. The van der Waals surface area contributed by atoms with Crippen LogP contribution in [0.4, 0.5) is 5.69 Å². The van der Waals surface area contributed by atoms with Crippen LogP contribution in [-0.2, 0) is 0 Å². The fraction of sp³-hybridized carbons (Fsp3) is 0.333. The number of rotatable bonds is 3. The number of likely N-dealkylation sites (tertiary alicyclic amines) is 1. The van der Waals surface area contributed by atoms with E-state index in [0.717, 1.165) is 26.2 Å². The van der Waals surface area contributed by atoms with Gasteiger partial charge in [0.15, 0.2) is 0 Å². The summed E-state index contributed by atoms with van der Waals surface area (Å²) in [5, 5.41) is 8.13. The number of benzene rings is 1. The summed E-state index contributed by atoms with van der Waals surface area (Å²) in [6.45, 7) is 3.57. The number of carbonyl (C=O) groups is 2. The van der Waals surface area contributed by atoms with E-state index in [4.69, 9.17) is 0 Å². The maximum Gasteiger partial charge on any atom is 0.265 e. The van der Waals surface area contributed by atoms with E-state index < -0.39 is 0 Å². The Kier molecular flexibility index (Phi) is 4.08. The van der Waals surface area contributed by atoms with Gasteiger partial charge >= 0.3 is 0 Å². The van der Waals surface area contributed by atoms with Crippen molar-refractivity contribution in [3.63, 3.8) is 0 Å². The Hall–Kier alpha value is -2.18. The number of carbonyl (C=O) groups excluding carboxylic acids is 2. The first-order valence-electron chi connectivity index (χ1n) is 8.16. The van der Waals surface area contributed by atoms with Crippen LogP contribution in [0, 0.1) is 11.8 Å². The average Bonchev–Trinajstić information content (AvgIpc) is 3.31. The third-order valence-electron chi connectivity index (χ3n) is 4.83. The molecule has 3 heterocycles. The minimum absolute atomic E-state index is 0.00600. The monoisotopic (exact) mass is 341 g/mol. The predicted molar refractivity (Wildman–Crippen MR) is 94.5 cm³/mol. The summed E-state index contributed by atoms with van der Waals surface area (Å²) < 4.78 is 0. The largest absolute Gasteiger partial charge is 0.338 e. The van der Waals surface area contributed by atoms with Gasteiger partial charge in [0.2, 0.25) is 0 Å². The minimum atomic E-state index is -0.173. The Bertz CT molecular complexity index is 747. The molecule has 1 aromatic heterocycles. The van der Waals surface area contributed by atoms with E-state index in [1.807, 2.05) is 28.5 Å². The van der Waals surface area contributed by atoms with Gasteiger partial charge < -0.3 is 15.5 Å². The maximum absolute atomic E-state index is 12.9. The first-order valence-corrected chi connectivity index (χ1v) is 9.04. The minimum Gasteiger partial charge on any atom is -0.338 e. The molecule has 2 N–H and O–H groups in total. The molecule has 6 heteroatoms. The van der Waals surface area contributed by atoms with Gasteiger partial charge in [-0.05, 0) is 35.4 Å². The smallest absolute Gasteiger partial charge is 0.265 e. The number of para-hydroxylation sites is 1. The molecule has 0 unspecified atom stereocenters. The van der Waals surface area contributed by atoms with Crippen LogP contribution in [0.2, 0.25) is 0 Å². The molecule has 0 radical (unpaired) electrons. The Labute approximate surface area is 144 Å². The molecule has 2 amide bonds. The summed E-state index contributed by atoms with van der Waals surface area (Å²) in [5.41, 5.74) is 1.14. The third-order valence-corrected chi connectivity index (χ3v) is 5.70. The Balaban J connectivity index is 1.53. The van der Waals surface area contributed by atoms with E-state index in [2.05, 4.69) is 10.6 Å². The predicted octanol–water partition coefficient (Wildman–Crippen LogP) is 2.29. The number of nitrogens with one attached hydrogen (secondary N) is 2. The first-order chi connectivity index (χ1) is 11.7. The van der Waals surface area contributed by atoms with E-state index >= 15 is 0 Å². The molecule has 5 nitrogen and oxygen atoms in total. The van der Waals surface area contributed by atoms with Gasteiger partial charge in [0, 0.05) is 26.2 Å². The van der Waals surface area contributed by atoms with Crippen molar-refractivity contribution in [2.45, 2.75) is 0 Å². The highest BCUT2D eigenvalue weighted by Gasteiger charge is 2.38. The van der Waals surface area contributed by atoms with Crippen LogP contribution in [0.25, 0.3) is 0 Å². The van der Waals surface area contributed by atoms with Crippen molar-refractivity contribution in [1.29, 1.82) is 0 Å². The highest BCUT2D eigenvalue weighted by Crippen LogP contribution is 2.29. The lowest BCUT2D eigenvalue weighted by Crippen LogP contribution is -2.32. The number of fused-ring (bicyclic) bond motifs is 1. The number of amides is 2. The lowest BCUT2D eigenvalue weighted by atomic mass is 10.0. The normalized spacial score (nSPS) is 22.4. The summed E-state index contributed by atoms with van der Waals surface area (Å²) in [6, 6.07) is 10.9. The van der Waals surface area contributed by atoms with Crippen LogP contribution in [0.5, 0.6) is 0 Å². The molecule has 0 aliphatic carbocycles. The average molecular weight is 341 g/mol.